The van der Waals surface area contributed by atoms with Crippen LogP contribution < -0.4 is 11.5 Å². The predicted octanol–water partition coefficient (Wildman–Crippen LogP) is 1.63. The molecule has 0 aromatic rings. The largest absolute Gasteiger partial charge is 0.443 e. The van der Waals surface area contributed by atoms with Gasteiger partial charge in [-0.1, -0.05) is 20.8 Å². The highest BCUT2D eigenvalue weighted by molar-refractivity contribution is 5.71. The Morgan fingerprint density at radius 1 is 1.44 bits per heavy atom. The van der Waals surface area contributed by atoms with Crippen LogP contribution in [-0.2, 0) is 9.53 Å². The molecule has 2 bridgehead atoms. The van der Waals surface area contributed by atoms with Crippen molar-refractivity contribution in [1.29, 1.82) is 0 Å². The van der Waals surface area contributed by atoms with Crippen LogP contribution in [0.5, 0.6) is 0 Å². The summed E-state index contributed by atoms with van der Waals surface area (Å²) in [4.78, 5) is 11.4. The van der Waals surface area contributed by atoms with Gasteiger partial charge in [-0.3, -0.25) is 10.5 Å². The summed E-state index contributed by atoms with van der Waals surface area (Å²) in [7, 11) is 0. The smallest absolute Gasteiger partial charge is 0.321 e. The van der Waals surface area contributed by atoms with Crippen molar-refractivity contribution in [3.8, 4) is 0 Å². The fraction of sp³-hybridized carbons (Fsp3) is 0.929. The van der Waals surface area contributed by atoms with Crippen LogP contribution in [0, 0.1) is 22.7 Å². The molecule has 2 aliphatic rings. The van der Waals surface area contributed by atoms with E-state index >= 15 is 0 Å². The van der Waals surface area contributed by atoms with Crippen LogP contribution in [0.3, 0.4) is 0 Å². The highest BCUT2D eigenvalue weighted by Gasteiger charge is 2.65. The van der Waals surface area contributed by atoms with Crippen LogP contribution in [0.4, 0.5) is 0 Å². The highest BCUT2D eigenvalue weighted by Crippen LogP contribution is 2.69. The number of carbonyl (C=O) groups is 1. The summed E-state index contributed by atoms with van der Waals surface area (Å²) in [5, 5.41) is 0. The maximum Gasteiger partial charge on any atom is 0.321 e. The summed E-state index contributed by atoms with van der Waals surface area (Å²) >= 11 is 0. The van der Waals surface area contributed by atoms with Gasteiger partial charge in [0.25, 0.3) is 0 Å². The number of rotatable bonds is 3. The maximum absolute atomic E-state index is 11.4. The van der Waals surface area contributed by atoms with Crippen LogP contribution in [-0.4, -0.2) is 18.2 Å². The monoisotopic (exact) mass is 254 g/mol. The molecule has 0 radical (unpaired) electrons. The van der Waals surface area contributed by atoms with Gasteiger partial charge in [-0.2, -0.15) is 0 Å². The van der Waals surface area contributed by atoms with E-state index in [0.717, 1.165) is 6.42 Å². The molecule has 4 nitrogen and oxygen atoms in total. The first-order valence-electron chi connectivity index (χ1n) is 6.86. The first-order valence-corrected chi connectivity index (χ1v) is 6.86. The first-order chi connectivity index (χ1) is 8.15. The van der Waals surface area contributed by atoms with E-state index in [1.165, 1.54) is 12.8 Å². The third-order valence-electron chi connectivity index (χ3n) is 5.99. The molecule has 4 N–H and O–H groups in total. The van der Waals surface area contributed by atoms with Gasteiger partial charge in [0, 0.05) is 5.92 Å². The normalized spacial score (nSPS) is 40.6. The Hall–Kier alpha value is -0.610. The number of hydrogen-bond acceptors (Lipinski definition) is 4. The van der Waals surface area contributed by atoms with Crippen molar-refractivity contribution in [2.24, 2.45) is 34.1 Å². The minimum absolute atomic E-state index is 0.108. The van der Waals surface area contributed by atoms with E-state index in [4.69, 9.17) is 16.2 Å². The van der Waals surface area contributed by atoms with Gasteiger partial charge in [-0.15, -0.1) is 0 Å². The number of nitrogens with two attached hydrogens (primary N) is 2. The molecule has 104 valence electrons. The third-order valence-corrected chi connectivity index (χ3v) is 5.99. The number of esters is 1. The quantitative estimate of drug-likeness (QED) is 0.592. The second kappa shape index (κ2) is 3.94. The van der Waals surface area contributed by atoms with E-state index in [-0.39, 0.29) is 23.3 Å². The fourth-order valence-corrected chi connectivity index (χ4v) is 4.43. The molecule has 4 heteroatoms. The average molecular weight is 254 g/mol. The third kappa shape index (κ3) is 1.69. The lowest BCUT2D eigenvalue weighted by Crippen LogP contribution is -2.54. The number of carbonyl (C=O) groups excluding carboxylic acids is 1. The van der Waals surface area contributed by atoms with Gasteiger partial charge in [-0.25, -0.2) is 0 Å². The van der Waals surface area contributed by atoms with E-state index in [2.05, 4.69) is 20.8 Å². The molecule has 0 heterocycles. The zero-order valence-corrected chi connectivity index (χ0v) is 12.0. The van der Waals surface area contributed by atoms with Crippen LogP contribution in [0.2, 0.25) is 0 Å². The Morgan fingerprint density at radius 3 is 2.44 bits per heavy atom. The first kappa shape index (κ1) is 13.8. The summed E-state index contributed by atoms with van der Waals surface area (Å²) < 4.78 is 5.40. The molecule has 2 saturated carbocycles. The number of hydrogen-bond donors (Lipinski definition) is 2. The Kier molecular flexibility index (Phi) is 3.02. The van der Waals surface area contributed by atoms with Crippen LogP contribution in [0.25, 0.3) is 0 Å². The van der Waals surface area contributed by atoms with Gasteiger partial charge in [0.2, 0.25) is 0 Å². The van der Waals surface area contributed by atoms with Gasteiger partial charge >= 0.3 is 5.97 Å². The predicted molar refractivity (Wildman–Crippen MR) is 70.5 cm³/mol. The van der Waals surface area contributed by atoms with Gasteiger partial charge in [0.05, 0.1) is 6.54 Å². The zero-order chi connectivity index (χ0) is 13.8. The molecule has 0 amide bonds. The summed E-state index contributed by atoms with van der Waals surface area (Å²) in [5.41, 5.74) is 11.1. The zero-order valence-electron chi connectivity index (χ0n) is 12.0. The van der Waals surface area contributed by atoms with Crippen molar-refractivity contribution in [3.05, 3.63) is 0 Å². The van der Waals surface area contributed by atoms with Gasteiger partial charge in [0.1, 0.15) is 0 Å². The molecule has 2 rings (SSSR count). The second-order valence-electron chi connectivity index (χ2n) is 7.03. The minimum Gasteiger partial charge on any atom is -0.443 e. The average Bonchev–Trinajstić information content (AvgIpc) is 2.60. The van der Waals surface area contributed by atoms with Crippen molar-refractivity contribution in [3.63, 3.8) is 0 Å². The molecule has 18 heavy (non-hydrogen) atoms. The molecule has 4 atom stereocenters. The summed E-state index contributed by atoms with van der Waals surface area (Å²) in [6, 6.07) is 0. The lowest BCUT2D eigenvalue weighted by molar-refractivity contribution is -0.168. The van der Waals surface area contributed by atoms with Crippen LogP contribution in [0.15, 0.2) is 0 Å². The van der Waals surface area contributed by atoms with Gasteiger partial charge in [0.15, 0.2) is 5.72 Å². The Bertz CT molecular complexity index is 365. The molecule has 4 unspecified atom stereocenters. The number of ether oxygens (including phenoxy) is 1. The Morgan fingerprint density at radius 2 is 2.06 bits per heavy atom. The summed E-state index contributed by atoms with van der Waals surface area (Å²) in [5.74, 6) is 0.491. The maximum atomic E-state index is 11.4. The van der Waals surface area contributed by atoms with E-state index in [1.54, 1.807) is 0 Å². The Balaban J connectivity index is 2.23. The molecule has 2 fully saturated rings. The molecule has 0 aromatic carbocycles. The molecule has 0 aliphatic heterocycles. The van der Waals surface area contributed by atoms with Crippen LogP contribution >= 0.6 is 0 Å². The SMILES string of the molecule is CC(N)(OC(=O)CN)C1CC2CCC1(C)C2(C)C. The molecular formula is C14H26N2O2. The fourth-order valence-electron chi connectivity index (χ4n) is 4.43. The topological polar surface area (TPSA) is 78.3 Å². The minimum atomic E-state index is -0.905. The summed E-state index contributed by atoms with van der Waals surface area (Å²) in [6.07, 6.45) is 3.48. The molecule has 2 aliphatic carbocycles. The van der Waals surface area contributed by atoms with Crippen molar-refractivity contribution in [1.82, 2.24) is 0 Å². The van der Waals surface area contributed by atoms with Crippen LogP contribution in [0.1, 0.15) is 47.0 Å². The highest BCUT2D eigenvalue weighted by atomic mass is 16.6. The van der Waals surface area contributed by atoms with E-state index in [1.807, 2.05) is 6.92 Å². The molecule has 0 aromatic heterocycles. The molecule has 0 spiro atoms. The van der Waals surface area contributed by atoms with Crippen molar-refractivity contribution in [2.75, 3.05) is 6.54 Å². The summed E-state index contributed by atoms with van der Waals surface area (Å²) in [6.45, 7) is 8.67. The molecule has 0 saturated heterocycles. The van der Waals surface area contributed by atoms with Crippen molar-refractivity contribution >= 4 is 5.97 Å². The molecular weight excluding hydrogens is 228 g/mol. The van der Waals surface area contributed by atoms with Gasteiger partial charge < -0.3 is 10.5 Å². The lowest BCUT2D eigenvalue weighted by Gasteiger charge is -2.45. The van der Waals surface area contributed by atoms with Crippen molar-refractivity contribution < 1.29 is 9.53 Å². The lowest BCUT2D eigenvalue weighted by atomic mass is 9.64. The Labute approximate surface area is 109 Å². The standard InChI is InChI=1S/C14H26N2O2/c1-12(2)9-5-6-13(12,3)10(7-9)14(4,16)18-11(17)8-15/h9-10H,5-8,15-16H2,1-4H3. The van der Waals surface area contributed by atoms with Crippen molar-refractivity contribution in [2.45, 2.75) is 52.7 Å². The van der Waals surface area contributed by atoms with E-state index in [9.17, 15) is 4.79 Å². The van der Waals surface area contributed by atoms with E-state index < -0.39 is 11.7 Å². The van der Waals surface area contributed by atoms with E-state index in [0.29, 0.717) is 5.92 Å². The number of fused-ring (bicyclic) bond motifs is 2. The second-order valence-corrected chi connectivity index (χ2v) is 7.03. The van der Waals surface area contributed by atoms with Gasteiger partial charge in [-0.05, 0) is 42.9 Å².